The highest BCUT2D eigenvalue weighted by Crippen LogP contribution is 2.42. The minimum absolute atomic E-state index is 0.000346. The number of carbonyl (C=O) groups is 1. The zero-order chi connectivity index (χ0) is 16.3. The fraction of sp³-hybridized carbons (Fsp3) is 0.190. The monoisotopic (exact) mass is 304 g/mol. The van der Waals surface area contributed by atoms with Crippen molar-refractivity contribution in [2.24, 2.45) is 5.41 Å². The Labute approximate surface area is 137 Å². The molecule has 3 rings (SSSR count). The molecule has 2 nitrogen and oxygen atoms in total. The van der Waals surface area contributed by atoms with E-state index >= 15 is 0 Å². The SMILES string of the molecule is CC1(C)C(=O)OC(C=Cc2ccccc2)=CC1c1ccccc1. The summed E-state index contributed by atoms with van der Waals surface area (Å²) in [7, 11) is 0. The summed E-state index contributed by atoms with van der Waals surface area (Å²) in [6.07, 6.45) is 5.86. The van der Waals surface area contributed by atoms with Crippen molar-refractivity contribution in [2.45, 2.75) is 19.8 Å². The summed E-state index contributed by atoms with van der Waals surface area (Å²) in [4.78, 5) is 12.4. The molecular formula is C21H20O2. The van der Waals surface area contributed by atoms with Crippen molar-refractivity contribution < 1.29 is 9.53 Å². The molecule has 0 saturated heterocycles. The third-order valence-corrected chi connectivity index (χ3v) is 4.24. The smallest absolute Gasteiger partial charge is 0.317 e. The van der Waals surface area contributed by atoms with E-state index in [4.69, 9.17) is 4.74 Å². The highest BCUT2D eigenvalue weighted by atomic mass is 16.5. The van der Waals surface area contributed by atoms with E-state index in [2.05, 4.69) is 12.1 Å². The van der Waals surface area contributed by atoms with Gasteiger partial charge in [-0.05, 0) is 37.1 Å². The maximum atomic E-state index is 12.4. The summed E-state index contributed by atoms with van der Waals surface area (Å²) in [6.45, 7) is 3.86. The van der Waals surface area contributed by atoms with E-state index < -0.39 is 5.41 Å². The third kappa shape index (κ3) is 3.26. The lowest BCUT2D eigenvalue weighted by Crippen LogP contribution is -2.35. The molecule has 0 amide bonds. The van der Waals surface area contributed by atoms with E-state index in [9.17, 15) is 4.79 Å². The minimum atomic E-state index is -0.578. The molecule has 0 N–H and O–H groups in total. The highest BCUT2D eigenvalue weighted by Gasteiger charge is 2.41. The standard InChI is InChI=1S/C21H20O2/c1-21(2)19(17-11-7-4-8-12-17)15-18(23-20(21)22)14-13-16-9-5-3-6-10-16/h3-15,19H,1-2H3. The Balaban J connectivity index is 1.93. The van der Waals surface area contributed by atoms with Crippen LogP contribution in [0.2, 0.25) is 0 Å². The highest BCUT2D eigenvalue weighted by molar-refractivity contribution is 5.81. The van der Waals surface area contributed by atoms with Crippen molar-refractivity contribution in [3.63, 3.8) is 0 Å². The number of allylic oxidation sites excluding steroid dienone is 2. The molecule has 2 aromatic carbocycles. The number of benzene rings is 2. The summed E-state index contributed by atoms with van der Waals surface area (Å²) < 4.78 is 5.51. The van der Waals surface area contributed by atoms with E-state index in [-0.39, 0.29) is 11.9 Å². The second-order valence-electron chi connectivity index (χ2n) is 6.31. The summed E-state index contributed by atoms with van der Waals surface area (Å²) in [5.74, 6) is 0.411. The fourth-order valence-corrected chi connectivity index (χ4v) is 2.78. The van der Waals surface area contributed by atoms with Gasteiger partial charge in [0.05, 0.1) is 5.41 Å². The number of rotatable bonds is 3. The number of ether oxygens (including phenoxy) is 1. The van der Waals surface area contributed by atoms with Gasteiger partial charge in [-0.25, -0.2) is 0 Å². The average Bonchev–Trinajstić information content (AvgIpc) is 2.57. The second-order valence-corrected chi connectivity index (χ2v) is 6.31. The van der Waals surface area contributed by atoms with Crippen LogP contribution in [0, 0.1) is 5.41 Å². The van der Waals surface area contributed by atoms with Gasteiger partial charge in [0.1, 0.15) is 5.76 Å². The number of cyclic esters (lactones) is 1. The molecule has 2 heteroatoms. The number of esters is 1. The van der Waals surface area contributed by atoms with Gasteiger partial charge in [0.25, 0.3) is 0 Å². The van der Waals surface area contributed by atoms with Crippen molar-refractivity contribution in [1.82, 2.24) is 0 Å². The molecule has 0 fully saturated rings. The van der Waals surface area contributed by atoms with Crippen LogP contribution in [-0.2, 0) is 9.53 Å². The maximum absolute atomic E-state index is 12.4. The van der Waals surface area contributed by atoms with E-state index in [0.29, 0.717) is 5.76 Å². The Morgan fingerprint density at radius 1 is 0.913 bits per heavy atom. The molecule has 1 atom stereocenters. The lowest BCUT2D eigenvalue weighted by atomic mass is 9.73. The van der Waals surface area contributed by atoms with Gasteiger partial charge < -0.3 is 4.74 Å². The first kappa shape index (κ1) is 15.3. The maximum Gasteiger partial charge on any atom is 0.317 e. The lowest BCUT2D eigenvalue weighted by molar-refractivity contribution is -0.151. The Morgan fingerprint density at radius 3 is 2.17 bits per heavy atom. The topological polar surface area (TPSA) is 26.3 Å². The molecule has 1 heterocycles. The van der Waals surface area contributed by atoms with E-state index in [1.807, 2.05) is 80.6 Å². The minimum Gasteiger partial charge on any atom is -0.426 e. The Bertz CT molecular complexity index is 740. The largest absolute Gasteiger partial charge is 0.426 e. The van der Waals surface area contributed by atoms with Gasteiger partial charge in [-0.3, -0.25) is 4.79 Å². The molecule has 0 radical (unpaired) electrons. The van der Waals surface area contributed by atoms with Crippen molar-refractivity contribution in [3.8, 4) is 0 Å². The van der Waals surface area contributed by atoms with Crippen LogP contribution >= 0.6 is 0 Å². The van der Waals surface area contributed by atoms with Gasteiger partial charge in [0.15, 0.2) is 0 Å². The molecule has 1 aliphatic heterocycles. The molecule has 1 aliphatic rings. The predicted molar refractivity (Wildman–Crippen MR) is 92.6 cm³/mol. The fourth-order valence-electron chi connectivity index (χ4n) is 2.78. The Hall–Kier alpha value is -2.61. The third-order valence-electron chi connectivity index (χ3n) is 4.24. The van der Waals surface area contributed by atoms with E-state index in [1.54, 1.807) is 0 Å². The van der Waals surface area contributed by atoms with Gasteiger partial charge >= 0.3 is 5.97 Å². The Kier molecular flexibility index (Phi) is 4.16. The molecule has 0 aliphatic carbocycles. The van der Waals surface area contributed by atoms with Crippen LogP contribution in [0.5, 0.6) is 0 Å². The van der Waals surface area contributed by atoms with Crippen LogP contribution in [0.1, 0.15) is 30.9 Å². The zero-order valence-corrected chi connectivity index (χ0v) is 13.4. The van der Waals surface area contributed by atoms with Crippen LogP contribution in [0.3, 0.4) is 0 Å². The molecule has 0 aromatic heterocycles. The first-order valence-electron chi connectivity index (χ1n) is 7.79. The van der Waals surface area contributed by atoms with E-state index in [0.717, 1.165) is 11.1 Å². The average molecular weight is 304 g/mol. The number of carbonyl (C=O) groups excluding carboxylic acids is 1. The first-order valence-corrected chi connectivity index (χ1v) is 7.79. The lowest BCUT2D eigenvalue weighted by Gasteiger charge is -2.34. The van der Waals surface area contributed by atoms with E-state index in [1.165, 1.54) is 0 Å². The normalized spacial score (nSPS) is 20.2. The first-order chi connectivity index (χ1) is 11.1. The van der Waals surface area contributed by atoms with Crippen LogP contribution < -0.4 is 0 Å². The summed E-state index contributed by atoms with van der Waals surface area (Å²) in [5.41, 5.74) is 1.62. The summed E-state index contributed by atoms with van der Waals surface area (Å²) >= 11 is 0. The van der Waals surface area contributed by atoms with Crippen LogP contribution in [0.15, 0.2) is 78.6 Å². The molecule has 116 valence electrons. The van der Waals surface area contributed by atoms with Gasteiger partial charge in [-0.1, -0.05) is 66.7 Å². The summed E-state index contributed by atoms with van der Waals surface area (Å²) in [5, 5.41) is 0. The quantitative estimate of drug-likeness (QED) is 0.750. The van der Waals surface area contributed by atoms with Gasteiger partial charge in [0, 0.05) is 5.92 Å². The molecule has 0 saturated carbocycles. The van der Waals surface area contributed by atoms with Crippen molar-refractivity contribution in [1.29, 1.82) is 0 Å². The van der Waals surface area contributed by atoms with Crippen molar-refractivity contribution in [3.05, 3.63) is 89.7 Å². The zero-order valence-electron chi connectivity index (χ0n) is 13.4. The predicted octanol–water partition coefficient (Wildman–Crippen LogP) is 4.95. The van der Waals surface area contributed by atoms with Crippen molar-refractivity contribution in [2.75, 3.05) is 0 Å². The number of hydrogen-bond donors (Lipinski definition) is 0. The molecule has 0 spiro atoms. The molecule has 23 heavy (non-hydrogen) atoms. The summed E-state index contributed by atoms with van der Waals surface area (Å²) in [6, 6.07) is 20.1. The van der Waals surface area contributed by atoms with Gasteiger partial charge in [0.2, 0.25) is 0 Å². The molecule has 0 bridgehead atoms. The van der Waals surface area contributed by atoms with Crippen LogP contribution in [-0.4, -0.2) is 5.97 Å². The second kappa shape index (κ2) is 6.25. The number of hydrogen-bond acceptors (Lipinski definition) is 2. The van der Waals surface area contributed by atoms with Crippen molar-refractivity contribution >= 4 is 12.0 Å². The van der Waals surface area contributed by atoms with Crippen LogP contribution in [0.25, 0.3) is 6.08 Å². The van der Waals surface area contributed by atoms with Crippen LogP contribution in [0.4, 0.5) is 0 Å². The molecule has 2 aromatic rings. The van der Waals surface area contributed by atoms with Gasteiger partial charge in [-0.15, -0.1) is 0 Å². The molecule has 1 unspecified atom stereocenters. The Morgan fingerprint density at radius 2 is 1.52 bits per heavy atom. The van der Waals surface area contributed by atoms with Gasteiger partial charge in [-0.2, -0.15) is 0 Å². The molecular weight excluding hydrogens is 284 g/mol.